The Bertz CT molecular complexity index is 1080. The van der Waals surface area contributed by atoms with Crippen LogP contribution in [-0.2, 0) is 15.1 Å². The van der Waals surface area contributed by atoms with E-state index in [1.165, 1.54) is 0 Å². The summed E-state index contributed by atoms with van der Waals surface area (Å²) < 4.78 is 11.3. The second-order valence-electron chi connectivity index (χ2n) is 8.00. The highest BCUT2D eigenvalue weighted by molar-refractivity contribution is 6.30. The molecule has 2 atom stereocenters. The molecule has 2 unspecified atom stereocenters. The van der Waals surface area contributed by atoms with Crippen molar-refractivity contribution >= 4 is 29.4 Å². The van der Waals surface area contributed by atoms with Gasteiger partial charge in [0.25, 0.3) is 5.91 Å². The topological polar surface area (TPSA) is 97.0 Å². The third-order valence-electron chi connectivity index (χ3n) is 5.63. The van der Waals surface area contributed by atoms with Gasteiger partial charge in [-0.15, -0.1) is 0 Å². The van der Waals surface area contributed by atoms with Crippen LogP contribution >= 0.6 is 11.6 Å². The van der Waals surface area contributed by atoms with E-state index < -0.39 is 29.9 Å². The number of halogens is 1. The molecule has 2 heterocycles. The van der Waals surface area contributed by atoms with Gasteiger partial charge in [0.2, 0.25) is 5.91 Å². The molecule has 0 spiro atoms. The minimum atomic E-state index is -1.32. The number of nitrogens with one attached hydrogen (secondary N) is 2. The first-order valence-corrected chi connectivity index (χ1v) is 10.7. The SMILES string of the molecule is CC(NC(=O)CN1C(=O)NC(C)(c2ccc3c(c2)OCCCO3)C1=O)c1cccc(Cl)c1. The lowest BCUT2D eigenvalue weighted by molar-refractivity contribution is -0.135. The van der Waals surface area contributed by atoms with Crippen molar-refractivity contribution in [2.24, 2.45) is 0 Å². The predicted octanol–water partition coefficient (Wildman–Crippen LogP) is 3.15. The number of fused-ring (bicyclic) bond motifs is 1. The van der Waals surface area contributed by atoms with E-state index in [9.17, 15) is 14.4 Å². The summed E-state index contributed by atoms with van der Waals surface area (Å²) in [7, 11) is 0. The maximum atomic E-state index is 13.2. The molecule has 9 heteroatoms. The zero-order valence-electron chi connectivity index (χ0n) is 17.8. The molecule has 0 bridgehead atoms. The van der Waals surface area contributed by atoms with Gasteiger partial charge < -0.3 is 20.1 Å². The summed E-state index contributed by atoms with van der Waals surface area (Å²) in [6.45, 7) is 4.08. The standard InChI is InChI=1S/C23H24ClN3O5/c1-14(15-5-3-6-17(24)11-15)25-20(28)13-27-21(29)23(2,26-22(27)30)16-7-8-18-19(12-16)32-10-4-9-31-18/h3,5-8,11-12,14H,4,9-10,13H2,1-2H3,(H,25,28)(H,26,30). The van der Waals surface area contributed by atoms with Crippen molar-refractivity contribution in [2.45, 2.75) is 31.8 Å². The number of hydrogen-bond donors (Lipinski definition) is 2. The Morgan fingerprint density at radius 2 is 1.94 bits per heavy atom. The van der Waals surface area contributed by atoms with Crippen LogP contribution in [0.2, 0.25) is 5.02 Å². The number of imide groups is 1. The minimum Gasteiger partial charge on any atom is -0.490 e. The van der Waals surface area contributed by atoms with Crippen LogP contribution in [0.25, 0.3) is 0 Å². The molecule has 2 aromatic rings. The van der Waals surface area contributed by atoms with E-state index in [-0.39, 0.29) is 6.04 Å². The summed E-state index contributed by atoms with van der Waals surface area (Å²) in [5, 5.41) is 6.07. The third kappa shape index (κ3) is 4.23. The summed E-state index contributed by atoms with van der Waals surface area (Å²) in [4.78, 5) is 39.3. The zero-order valence-corrected chi connectivity index (χ0v) is 18.6. The number of hydrogen-bond acceptors (Lipinski definition) is 5. The summed E-state index contributed by atoms with van der Waals surface area (Å²) in [5.74, 6) is 0.152. The highest BCUT2D eigenvalue weighted by Gasteiger charge is 2.49. The van der Waals surface area contributed by atoms with Crippen LogP contribution in [0.15, 0.2) is 42.5 Å². The maximum absolute atomic E-state index is 13.2. The first-order chi connectivity index (χ1) is 15.3. The Balaban J connectivity index is 1.47. The predicted molar refractivity (Wildman–Crippen MR) is 118 cm³/mol. The number of benzene rings is 2. The monoisotopic (exact) mass is 457 g/mol. The van der Waals surface area contributed by atoms with Crippen LogP contribution in [0.1, 0.15) is 37.4 Å². The van der Waals surface area contributed by atoms with Gasteiger partial charge >= 0.3 is 6.03 Å². The van der Waals surface area contributed by atoms with Crippen molar-refractivity contribution in [2.75, 3.05) is 19.8 Å². The Morgan fingerprint density at radius 3 is 2.69 bits per heavy atom. The Kier molecular flexibility index (Phi) is 5.97. The van der Waals surface area contributed by atoms with E-state index in [0.717, 1.165) is 16.9 Å². The van der Waals surface area contributed by atoms with Gasteiger partial charge in [0.05, 0.1) is 19.3 Å². The molecule has 2 aliphatic heterocycles. The van der Waals surface area contributed by atoms with Crippen LogP contribution in [-0.4, -0.2) is 42.5 Å². The molecule has 32 heavy (non-hydrogen) atoms. The van der Waals surface area contributed by atoms with E-state index in [2.05, 4.69) is 10.6 Å². The molecule has 168 valence electrons. The quantitative estimate of drug-likeness (QED) is 0.672. The zero-order chi connectivity index (χ0) is 22.9. The number of nitrogens with zero attached hydrogens (tertiary/aromatic N) is 1. The van der Waals surface area contributed by atoms with E-state index >= 15 is 0 Å². The molecular formula is C23H24ClN3O5. The van der Waals surface area contributed by atoms with Crippen LogP contribution in [0, 0.1) is 0 Å². The Labute approximate surface area is 190 Å². The lowest BCUT2D eigenvalue weighted by Gasteiger charge is -2.23. The number of carbonyl (C=O) groups is 3. The van der Waals surface area contributed by atoms with Crippen LogP contribution < -0.4 is 20.1 Å². The molecule has 0 aliphatic carbocycles. The van der Waals surface area contributed by atoms with Crippen molar-refractivity contribution in [1.29, 1.82) is 0 Å². The Hall–Kier alpha value is -3.26. The molecule has 1 saturated heterocycles. The summed E-state index contributed by atoms with van der Waals surface area (Å²) in [5.41, 5.74) is 0.0519. The molecular weight excluding hydrogens is 434 g/mol. The molecule has 4 amide bonds. The van der Waals surface area contributed by atoms with E-state index in [0.29, 0.717) is 35.3 Å². The lowest BCUT2D eigenvalue weighted by Crippen LogP contribution is -2.43. The minimum absolute atomic E-state index is 0.338. The highest BCUT2D eigenvalue weighted by Crippen LogP contribution is 2.36. The van der Waals surface area contributed by atoms with Crippen molar-refractivity contribution < 1.29 is 23.9 Å². The molecule has 0 radical (unpaired) electrons. The number of carbonyl (C=O) groups excluding carboxylic acids is 3. The van der Waals surface area contributed by atoms with Crippen molar-refractivity contribution in [3.05, 3.63) is 58.6 Å². The molecule has 4 rings (SSSR count). The first-order valence-electron chi connectivity index (χ1n) is 10.4. The average molecular weight is 458 g/mol. The summed E-state index contributed by atoms with van der Waals surface area (Å²) >= 11 is 6.01. The van der Waals surface area contributed by atoms with Crippen molar-refractivity contribution in [3.8, 4) is 11.5 Å². The van der Waals surface area contributed by atoms with E-state index in [1.807, 2.05) is 6.07 Å². The number of rotatable bonds is 5. The fraction of sp³-hybridized carbons (Fsp3) is 0.348. The second kappa shape index (κ2) is 8.70. The Morgan fingerprint density at radius 1 is 1.19 bits per heavy atom. The number of urea groups is 1. The average Bonchev–Trinajstić information content (AvgIpc) is 2.93. The normalized spacial score (nSPS) is 21.0. The van der Waals surface area contributed by atoms with Gasteiger partial charge in [-0.2, -0.15) is 0 Å². The van der Waals surface area contributed by atoms with Crippen molar-refractivity contribution in [1.82, 2.24) is 15.5 Å². The van der Waals surface area contributed by atoms with Gasteiger partial charge in [-0.05, 0) is 49.2 Å². The van der Waals surface area contributed by atoms with Crippen LogP contribution in [0.4, 0.5) is 4.79 Å². The van der Waals surface area contributed by atoms with Gasteiger partial charge in [0.15, 0.2) is 11.5 Å². The van der Waals surface area contributed by atoms with Gasteiger partial charge in [-0.3, -0.25) is 14.5 Å². The van der Waals surface area contributed by atoms with Crippen LogP contribution in [0.3, 0.4) is 0 Å². The van der Waals surface area contributed by atoms with Gasteiger partial charge in [-0.1, -0.05) is 29.8 Å². The highest BCUT2D eigenvalue weighted by atomic mass is 35.5. The molecule has 2 aliphatic rings. The van der Waals surface area contributed by atoms with Gasteiger partial charge in [-0.25, -0.2) is 4.79 Å². The third-order valence-corrected chi connectivity index (χ3v) is 5.86. The molecule has 2 N–H and O–H groups in total. The maximum Gasteiger partial charge on any atom is 0.325 e. The first kappa shape index (κ1) is 22.0. The fourth-order valence-corrected chi connectivity index (χ4v) is 4.00. The largest absolute Gasteiger partial charge is 0.490 e. The van der Waals surface area contributed by atoms with E-state index in [1.54, 1.807) is 50.2 Å². The van der Waals surface area contributed by atoms with E-state index in [4.69, 9.17) is 21.1 Å². The van der Waals surface area contributed by atoms with Gasteiger partial charge in [0.1, 0.15) is 12.1 Å². The molecule has 0 aromatic heterocycles. The number of ether oxygens (including phenoxy) is 2. The molecule has 1 fully saturated rings. The number of amides is 4. The van der Waals surface area contributed by atoms with Crippen LogP contribution in [0.5, 0.6) is 11.5 Å². The second-order valence-corrected chi connectivity index (χ2v) is 8.44. The lowest BCUT2D eigenvalue weighted by atomic mass is 9.91. The summed E-state index contributed by atoms with van der Waals surface area (Å²) in [6, 6.07) is 11.3. The molecule has 8 nitrogen and oxygen atoms in total. The molecule has 2 aromatic carbocycles. The van der Waals surface area contributed by atoms with Gasteiger partial charge in [0, 0.05) is 11.4 Å². The smallest absolute Gasteiger partial charge is 0.325 e. The summed E-state index contributed by atoms with van der Waals surface area (Å²) in [6.07, 6.45) is 0.757. The fourth-order valence-electron chi connectivity index (χ4n) is 3.80. The van der Waals surface area contributed by atoms with Crippen molar-refractivity contribution in [3.63, 3.8) is 0 Å². The molecule has 0 saturated carbocycles.